The number of likely N-dealkylation sites (N-methyl/N-ethyl adjacent to an activating group) is 2. The summed E-state index contributed by atoms with van der Waals surface area (Å²) < 4.78 is 63.6. The highest BCUT2D eigenvalue weighted by Gasteiger charge is 2.49. The van der Waals surface area contributed by atoms with Crippen molar-refractivity contribution in [3.8, 4) is 11.5 Å². The topological polar surface area (TPSA) is 204 Å². The number of aromatic nitrogens is 4. The number of ether oxygens (including phenoxy) is 5. The standard InChI is InChI=1S/C47H57N8O11P/c1-8-35-27-53(28-41(64-35)55-26-31(3)43(57)49-46(55)59)67(60,50-44-51(4)22-23-52(44)5)63-29-39-38(24-40(65-39)54-25-30(2)42(56)48-45(54)58)66-47(32-12-10-9-11-13-32,33-14-18-36(61-6)19-15-33)34-16-20-37(62-7)21-17-34/h9-21,25-26,35,38-41H,8,22-24,27-29H2,1-7H3,(H,48,56,58)(H,49,57,59)/t35-,38?,39-,40-,41-,67?/m1/s1. The lowest BCUT2D eigenvalue weighted by molar-refractivity contribution is -0.111. The monoisotopic (exact) mass is 940 g/mol. The van der Waals surface area contributed by atoms with Crippen LogP contribution in [0.15, 0.2) is 115 Å². The highest BCUT2D eigenvalue weighted by atomic mass is 31.2. The molecule has 3 aromatic carbocycles. The van der Waals surface area contributed by atoms with Crippen molar-refractivity contribution in [1.29, 1.82) is 0 Å². The molecule has 3 saturated heterocycles. The molecule has 3 fully saturated rings. The van der Waals surface area contributed by atoms with E-state index in [9.17, 15) is 19.2 Å². The number of H-pyrrole nitrogens is 2. The first kappa shape index (κ1) is 47.4. The van der Waals surface area contributed by atoms with Crippen LogP contribution in [-0.2, 0) is 28.9 Å². The molecular weight excluding hydrogens is 884 g/mol. The molecule has 0 spiro atoms. The minimum atomic E-state index is -4.31. The van der Waals surface area contributed by atoms with E-state index in [4.69, 9.17) is 33.0 Å². The first-order valence-electron chi connectivity index (χ1n) is 22.2. The van der Waals surface area contributed by atoms with E-state index in [1.807, 2.05) is 110 Å². The van der Waals surface area contributed by atoms with Gasteiger partial charge in [-0.3, -0.25) is 33.2 Å². The fraction of sp³-hybridized carbons (Fsp3) is 0.426. The van der Waals surface area contributed by atoms with Gasteiger partial charge in [0, 0.05) is 63.7 Å². The third-order valence-corrected chi connectivity index (χ3v) is 14.6. The summed E-state index contributed by atoms with van der Waals surface area (Å²) in [5, 5.41) is 0. The second-order valence-corrected chi connectivity index (χ2v) is 19.0. The van der Waals surface area contributed by atoms with Gasteiger partial charge in [0.2, 0.25) is 5.96 Å². The quantitative estimate of drug-likeness (QED) is 0.111. The first-order chi connectivity index (χ1) is 32.2. The van der Waals surface area contributed by atoms with Crippen LogP contribution < -0.4 is 32.0 Å². The number of rotatable bonds is 15. The SMILES string of the molecule is CC[C@@H]1CN(P(=O)(N=C2N(C)CCN2C)OC[C@H]2O[C@@H](n3cc(C)c(=O)[nH]c3=O)CC2OC(c2ccccc2)(c2ccc(OC)cc2)c2ccc(OC)cc2)C[C@H](n2cc(C)c(=O)[nH]c2=O)O1. The molecule has 5 heterocycles. The molecule has 8 rings (SSSR count). The summed E-state index contributed by atoms with van der Waals surface area (Å²) in [5.74, 6) is 1.71. The predicted molar refractivity (Wildman–Crippen MR) is 250 cm³/mol. The third-order valence-electron chi connectivity index (χ3n) is 12.6. The van der Waals surface area contributed by atoms with Crippen LogP contribution in [-0.4, -0.2) is 119 Å². The Balaban J connectivity index is 1.24. The molecule has 3 aliphatic rings. The van der Waals surface area contributed by atoms with Crippen molar-refractivity contribution in [3.63, 3.8) is 0 Å². The molecule has 5 aromatic rings. The van der Waals surface area contributed by atoms with Gasteiger partial charge in [-0.2, -0.15) is 4.76 Å². The van der Waals surface area contributed by atoms with Crippen molar-refractivity contribution in [3.05, 3.63) is 161 Å². The Morgan fingerprint density at radius 3 is 1.78 bits per heavy atom. The molecule has 20 heteroatoms. The van der Waals surface area contributed by atoms with Gasteiger partial charge >= 0.3 is 19.0 Å². The second-order valence-electron chi connectivity index (χ2n) is 17.0. The Hall–Kier alpha value is -6.08. The molecule has 3 aliphatic heterocycles. The van der Waals surface area contributed by atoms with Gasteiger partial charge in [-0.15, -0.1) is 0 Å². The molecule has 0 radical (unpaired) electrons. The Bertz CT molecular complexity index is 2810. The summed E-state index contributed by atoms with van der Waals surface area (Å²) >= 11 is 0. The molecule has 2 N–H and O–H groups in total. The molecule has 2 unspecified atom stereocenters. The van der Waals surface area contributed by atoms with Gasteiger partial charge in [-0.25, -0.2) is 18.8 Å². The number of nitrogens with zero attached hydrogens (tertiary/aromatic N) is 6. The van der Waals surface area contributed by atoms with Crippen LogP contribution in [0.25, 0.3) is 0 Å². The number of guanidine groups is 1. The normalized spacial score (nSPS) is 22.2. The molecule has 6 atom stereocenters. The van der Waals surface area contributed by atoms with Crippen molar-refractivity contribution in [2.75, 3.05) is 61.1 Å². The van der Waals surface area contributed by atoms with E-state index in [1.165, 1.54) is 21.5 Å². The van der Waals surface area contributed by atoms with Crippen molar-refractivity contribution in [2.24, 2.45) is 4.76 Å². The van der Waals surface area contributed by atoms with Gasteiger partial charge in [0.05, 0.1) is 39.6 Å². The number of benzene rings is 3. The summed E-state index contributed by atoms with van der Waals surface area (Å²) in [6, 6.07) is 24.8. The number of morpholine rings is 1. The number of methoxy groups -OCH3 is 2. The van der Waals surface area contributed by atoms with Gasteiger partial charge in [0.25, 0.3) is 11.1 Å². The fourth-order valence-electron chi connectivity index (χ4n) is 8.79. The van der Waals surface area contributed by atoms with Gasteiger partial charge in [0.1, 0.15) is 29.4 Å². The summed E-state index contributed by atoms with van der Waals surface area (Å²) in [7, 11) is 2.58. The van der Waals surface area contributed by atoms with Gasteiger partial charge in [0.15, 0.2) is 6.23 Å². The molecule has 67 heavy (non-hydrogen) atoms. The molecule has 2 aromatic heterocycles. The van der Waals surface area contributed by atoms with E-state index in [1.54, 1.807) is 32.7 Å². The lowest BCUT2D eigenvalue weighted by atomic mass is 9.79. The maximum Gasteiger partial charge on any atom is 0.393 e. The minimum absolute atomic E-state index is 0.0877. The van der Waals surface area contributed by atoms with Crippen molar-refractivity contribution in [1.82, 2.24) is 33.6 Å². The molecule has 0 bridgehead atoms. The summed E-state index contributed by atoms with van der Waals surface area (Å²) in [6.07, 6.45) is -0.846. The molecule has 0 amide bonds. The highest BCUT2D eigenvalue weighted by molar-refractivity contribution is 7.55. The Morgan fingerprint density at radius 2 is 1.25 bits per heavy atom. The van der Waals surface area contributed by atoms with E-state index in [0.29, 0.717) is 48.1 Å². The number of aromatic amines is 2. The Kier molecular flexibility index (Phi) is 13.9. The Labute approximate surface area is 387 Å². The predicted octanol–water partition coefficient (Wildman–Crippen LogP) is 4.35. The van der Waals surface area contributed by atoms with Crippen LogP contribution in [0.5, 0.6) is 11.5 Å². The lowest BCUT2D eigenvalue weighted by Crippen LogP contribution is -2.47. The zero-order valence-corrected chi connectivity index (χ0v) is 39.5. The van der Waals surface area contributed by atoms with Crippen LogP contribution in [0, 0.1) is 13.8 Å². The molecule has 0 aliphatic carbocycles. The van der Waals surface area contributed by atoms with Crippen LogP contribution in [0.4, 0.5) is 0 Å². The third kappa shape index (κ3) is 9.57. The van der Waals surface area contributed by atoms with Crippen molar-refractivity contribution in [2.45, 2.75) is 70.0 Å². The van der Waals surface area contributed by atoms with Gasteiger partial charge in [-0.05, 0) is 61.2 Å². The maximum absolute atomic E-state index is 15.9. The smallest absolute Gasteiger partial charge is 0.393 e. The summed E-state index contributed by atoms with van der Waals surface area (Å²) in [4.78, 5) is 60.2. The van der Waals surface area contributed by atoms with E-state index in [0.717, 1.165) is 16.7 Å². The van der Waals surface area contributed by atoms with Crippen LogP contribution in [0.1, 0.15) is 60.0 Å². The number of nitrogens with one attached hydrogen (secondary N) is 2. The number of hydrogen-bond donors (Lipinski definition) is 2. The molecule has 356 valence electrons. The van der Waals surface area contributed by atoms with Crippen molar-refractivity contribution >= 4 is 13.6 Å². The average Bonchev–Trinajstić information content (AvgIpc) is 3.89. The average molecular weight is 941 g/mol. The first-order valence-corrected chi connectivity index (χ1v) is 23.7. The van der Waals surface area contributed by atoms with Gasteiger partial charge in [-0.1, -0.05) is 61.5 Å². The fourth-order valence-corrected chi connectivity index (χ4v) is 10.7. The van der Waals surface area contributed by atoms with E-state index < -0.39 is 66.5 Å². The molecular formula is C47H57N8O11P. The number of hydrogen-bond acceptors (Lipinski definition) is 11. The molecule has 19 nitrogen and oxygen atoms in total. The molecule has 0 saturated carbocycles. The second kappa shape index (κ2) is 19.6. The largest absolute Gasteiger partial charge is 0.497 e. The lowest BCUT2D eigenvalue weighted by Gasteiger charge is -2.41. The van der Waals surface area contributed by atoms with Crippen LogP contribution in [0.2, 0.25) is 0 Å². The van der Waals surface area contributed by atoms with Crippen molar-refractivity contribution < 1.29 is 32.8 Å². The van der Waals surface area contributed by atoms with Gasteiger partial charge < -0.3 is 33.5 Å². The zero-order valence-electron chi connectivity index (χ0n) is 38.6. The maximum atomic E-state index is 15.9. The summed E-state index contributed by atoms with van der Waals surface area (Å²) in [5.41, 5.74) is -0.879. The summed E-state index contributed by atoms with van der Waals surface area (Å²) in [6.45, 7) is 6.06. The van der Waals surface area contributed by atoms with E-state index in [-0.39, 0.29) is 26.1 Å². The highest BCUT2D eigenvalue weighted by Crippen LogP contribution is 2.56. The van der Waals surface area contributed by atoms with E-state index in [2.05, 4.69) is 9.97 Å². The van der Waals surface area contributed by atoms with Crippen LogP contribution >= 0.6 is 7.67 Å². The van der Waals surface area contributed by atoms with Crippen LogP contribution in [0.3, 0.4) is 0 Å². The Morgan fingerprint density at radius 1 is 0.731 bits per heavy atom. The zero-order chi connectivity index (χ0) is 47.6. The van der Waals surface area contributed by atoms with E-state index >= 15 is 4.57 Å². The number of aryl methyl sites for hydroxylation is 2. The minimum Gasteiger partial charge on any atom is -0.497 e.